The van der Waals surface area contributed by atoms with Crippen molar-refractivity contribution in [3.8, 4) is 0 Å². The molecular weight excluding hydrogens is 227 g/mol. The average molecular weight is 252 g/mol. The highest BCUT2D eigenvalue weighted by Crippen LogP contribution is 2.20. The monoisotopic (exact) mass is 252 g/mol. The zero-order valence-electron chi connectivity index (χ0n) is 12.0. The van der Waals surface area contributed by atoms with Crippen LogP contribution in [0.4, 0.5) is 4.39 Å². The highest BCUT2D eigenvalue weighted by Gasteiger charge is 2.13. The van der Waals surface area contributed by atoms with Crippen molar-refractivity contribution in [3.63, 3.8) is 0 Å². The molecule has 0 aromatic carbocycles. The van der Waals surface area contributed by atoms with Crippen LogP contribution in [0.25, 0.3) is 0 Å². The molecule has 18 heavy (non-hydrogen) atoms. The van der Waals surface area contributed by atoms with E-state index in [9.17, 15) is 4.39 Å². The highest BCUT2D eigenvalue weighted by molar-refractivity contribution is 5.14. The molecule has 2 nitrogen and oxygen atoms in total. The predicted octanol–water partition coefficient (Wildman–Crippen LogP) is 3.35. The molecule has 0 bridgehead atoms. The Morgan fingerprint density at radius 1 is 1.28 bits per heavy atom. The van der Waals surface area contributed by atoms with Crippen molar-refractivity contribution in [2.75, 3.05) is 13.1 Å². The second kappa shape index (κ2) is 6.83. The van der Waals surface area contributed by atoms with Crippen LogP contribution in [0.2, 0.25) is 0 Å². The smallest absolute Gasteiger partial charge is 0.144 e. The molecule has 3 heteroatoms. The zero-order valence-corrected chi connectivity index (χ0v) is 12.0. The first-order valence-corrected chi connectivity index (χ1v) is 6.77. The summed E-state index contributed by atoms with van der Waals surface area (Å²) in [6, 6.07) is 3.35. The fourth-order valence-electron chi connectivity index (χ4n) is 1.90. The molecule has 0 spiro atoms. The largest absolute Gasteiger partial charge is 0.317 e. The number of halogens is 1. The molecule has 102 valence electrons. The molecule has 1 aromatic rings. The van der Waals surface area contributed by atoms with Gasteiger partial charge in [-0.25, -0.2) is 4.39 Å². The molecule has 0 aliphatic heterocycles. The van der Waals surface area contributed by atoms with E-state index in [1.807, 2.05) is 0 Å². The van der Waals surface area contributed by atoms with Crippen molar-refractivity contribution >= 4 is 0 Å². The Bertz CT molecular complexity index is 369. The van der Waals surface area contributed by atoms with Gasteiger partial charge < -0.3 is 5.32 Å². The molecule has 1 heterocycles. The second-order valence-corrected chi connectivity index (χ2v) is 5.93. The average Bonchev–Trinajstić information content (AvgIpc) is 2.26. The summed E-state index contributed by atoms with van der Waals surface area (Å²) in [5, 5.41) is 3.24. The van der Waals surface area contributed by atoms with Crippen molar-refractivity contribution < 1.29 is 4.39 Å². The molecule has 0 atom stereocenters. The van der Waals surface area contributed by atoms with Crippen molar-refractivity contribution in [1.29, 1.82) is 0 Å². The van der Waals surface area contributed by atoms with Gasteiger partial charge in [0.05, 0.1) is 5.69 Å². The van der Waals surface area contributed by atoms with E-state index in [4.69, 9.17) is 0 Å². The minimum Gasteiger partial charge on any atom is -0.317 e. The van der Waals surface area contributed by atoms with Gasteiger partial charge in [-0.05, 0) is 49.9 Å². The Hall–Kier alpha value is -0.960. The zero-order chi connectivity index (χ0) is 13.6. The van der Waals surface area contributed by atoms with E-state index in [2.05, 4.69) is 38.0 Å². The Morgan fingerprint density at radius 2 is 2.00 bits per heavy atom. The third-order valence-electron chi connectivity index (χ3n) is 2.70. The van der Waals surface area contributed by atoms with Gasteiger partial charge in [0, 0.05) is 5.69 Å². The summed E-state index contributed by atoms with van der Waals surface area (Å²) in [5.74, 6) is -0.177. The predicted molar refractivity (Wildman–Crippen MR) is 74.2 cm³/mol. The van der Waals surface area contributed by atoms with Crippen LogP contribution < -0.4 is 5.32 Å². The van der Waals surface area contributed by atoms with Crippen LogP contribution in [-0.2, 0) is 12.8 Å². The third kappa shape index (κ3) is 5.58. The van der Waals surface area contributed by atoms with Crippen LogP contribution >= 0.6 is 0 Å². The molecule has 0 radical (unpaired) electrons. The molecule has 1 N–H and O–H groups in total. The van der Waals surface area contributed by atoms with E-state index in [1.54, 1.807) is 12.1 Å². The normalized spacial score (nSPS) is 11.8. The lowest BCUT2D eigenvalue weighted by atomic mass is 9.90. The molecule has 0 aliphatic rings. The summed E-state index contributed by atoms with van der Waals surface area (Å²) in [7, 11) is 0. The number of aryl methyl sites for hydroxylation is 1. The number of pyridine rings is 1. The second-order valence-electron chi connectivity index (χ2n) is 5.93. The van der Waals surface area contributed by atoms with Crippen molar-refractivity contribution in [3.05, 3.63) is 29.3 Å². The van der Waals surface area contributed by atoms with E-state index in [0.717, 1.165) is 31.6 Å². The molecule has 0 aliphatic carbocycles. The van der Waals surface area contributed by atoms with Crippen LogP contribution in [0.3, 0.4) is 0 Å². The Kier molecular flexibility index (Phi) is 5.73. The molecule has 1 rings (SSSR count). The molecule has 0 amide bonds. The van der Waals surface area contributed by atoms with Gasteiger partial charge in [-0.3, -0.25) is 4.98 Å². The van der Waals surface area contributed by atoms with E-state index in [1.165, 1.54) is 0 Å². The molecule has 0 saturated carbocycles. The van der Waals surface area contributed by atoms with Gasteiger partial charge >= 0.3 is 0 Å². The fourth-order valence-corrected chi connectivity index (χ4v) is 1.90. The van der Waals surface area contributed by atoms with Gasteiger partial charge in [0.25, 0.3) is 0 Å². The molecule has 0 saturated heterocycles. The van der Waals surface area contributed by atoms with E-state index < -0.39 is 0 Å². The molecule has 1 aromatic heterocycles. The number of aromatic nitrogens is 1. The quantitative estimate of drug-likeness (QED) is 0.785. The van der Waals surface area contributed by atoms with Gasteiger partial charge in [0.1, 0.15) is 5.82 Å². The summed E-state index contributed by atoms with van der Waals surface area (Å²) < 4.78 is 13.6. The van der Waals surface area contributed by atoms with Gasteiger partial charge in [-0.15, -0.1) is 0 Å². The third-order valence-corrected chi connectivity index (χ3v) is 2.70. The van der Waals surface area contributed by atoms with Crippen LogP contribution in [0, 0.1) is 11.2 Å². The molecule has 0 fully saturated rings. The number of rotatable bonds is 6. The van der Waals surface area contributed by atoms with Crippen LogP contribution in [0.1, 0.15) is 45.5 Å². The van der Waals surface area contributed by atoms with Gasteiger partial charge in [0.15, 0.2) is 0 Å². The Morgan fingerprint density at radius 3 is 2.61 bits per heavy atom. The minimum atomic E-state index is -0.177. The molecule has 0 unspecified atom stereocenters. The van der Waals surface area contributed by atoms with E-state index >= 15 is 0 Å². The number of hydrogen-bond donors (Lipinski definition) is 1. The maximum absolute atomic E-state index is 13.6. The number of nitrogens with zero attached hydrogens (tertiary/aromatic N) is 1. The number of hydrogen-bond acceptors (Lipinski definition) is 2. The lowest BCUT2D eigenvalue weighted by Crippen LogP contribution is -2.15. The van der Waals surface area contributed by atoms with Gasteiger partial charge in [0.2, 0.25) is 0 Å². The lowest BCUT2D eigenvalue weighted by molar-refractivity contribution is 0.404. The van der Waals surface area contributed by atoms with Gasteiger partial charge in [-0.1, -0.05) is 27.7 Å². The highest BCUT2D eigenvalue weighted by atomic mass is 19.1. The van der Waals surface area contributed by atoms with Crippen LogP contribution in [0.15, 0.2) is 12.1 Å². The Labute approximate surface area is 110 Å². The summed E-state index contributed by atoms with van der Waals surface area (Å²) in [4.78, 5) is 4.45. The first-order valence-electron chi connectivity index (χ1n) is 6.77. The van der Waals surface area contributed by atoms with Crippen molar-refractivity contribution in [2.24, 2.45) is 5.41 Å². The standard InChI is InChI=1S/C15H25FN2/c1-5-17-10-6-7-14-13(16)9-8-12(18-14)11-15(2,3)4/h8-9,17H,5-7,10-11H2,1-4H3. The Balaban J connectivity index is 2.63. The van der Waals surface area contributed by atoms with Crippen LogP contribution in [-0.4, -0.2) is 18.1 Å². The maximum Gasteiger partial charge on any atom is 0.144 e. The maximum atomic E-state index is 13.6. The van der Waals surface area contributed by atoms with Crippen molar-refractivity contribution in [2.45, 2.75) is 47.0 Å². The summed E-state index contributed by atoms with van der Waals surface area (Å²) in [6.45, 7) is 10.5. The SMILES string of the molecule is CCNCCCc1nc(CC(C)(C)C)ccc1F. The first kappa shape index (κ1) is 15.1. The van der Waals surface area contributed by atoms with Crippen molar-refractivity contribution in [1.82, 2.24) is 10.3 Å². The minimum absolute atomic E-state index is 0.177. The summed E-state index contributed by atoms with van der Waals surface area (Å²) in [5.41, 5.74) is 1.78. The number of nitrogens with one attached hydrogen (secondary N) is 1. The first-order chi connectivity index (χ1) is 8.42. The fraction of sp³-hybridized carbons (Fsp3) is 0.667. The summed E-state index contributed by atoms with van der Waals surface area (Å²) >= 11 is 0. The van der Waals surface area contributed by atoms with Gasteiger partial charge in [-0.2, -0.15) is 0 Å². The summed E-state index contributed by atoms with van der Waals surface area (Å²) in [6.07, 6.45) is 2.51. The van der Waals surface area contributed by atoms with Crippen LogP contribution in [0.5, 0.6) is 0 Å². The topological polar surface area (TPSA) is 24.9 Å². The lowest BCUT2D eigenvalue weighted by Gasteiger charge is -2.18. The van der Waals surface area contributed by atoms with E-state index in [-0.39, 0.29) is 11.2 Å². The van der Waals surface area contributed by atoms with E-state index in [0.29, 0.717) is 12.1 Å². The molecular formula is C15H25FN2.